The number of carbonyl (C=O) groups is 1. The summed E-state index contributed by atoms with van der Waals surface area (Å²) in [6.45, 7) is 4.18. The minimum atomic E-state index is -0.704. The fourth-order valence-electron chi connectivity index (χ4n) is 1.66. The van der Waals surface area contributed by atoms with Crippen molar-refractivity contribution in [3.63, 3.8) is 0 Å². The van der Waals surface area contributed by atoms with Crippen LogP contribution in [0.15, 0.2) is 11.6 Å². The van der Waals surface area contributed by atoms with Gasteiger partial charge in [-0.3, -0.25) is 4.79 Å². The van der Waals surface area contributed by atoms with Gasteiger partial charge >= 0.3 is 5.97 Å². The van der Waals surface area contributed by atoms with Crippen LogP contribution < -0.4 is 0 Å². The van der Waals surface area contributed by atoms with Gasteiger partial charge in [-0.2, -0.15) is 0 Å². The summed E-state index contributed by atoms with van der Waals surface area (Å²) >= 11 is 0. The number of hydrogen-bond donors (Lipinski definition) is 1. The van der Waals surface area contributed by atoms with Crippen molar-refractivity contribution in [3.05, 3.63) is 17.6 Å². The Balaban J connectivity index is 2.53. The Morgan fingerprint density at radius 3 is 2.83 bits per heavy atom. The highest BCUT2D eigenvalue weighted by atomic mass is 16.4. The van der Waals surface area contributed by atoms with E-state index in [9.17, 15) is 4.79 Å². The standard InChI is InChI=1S/C10H15O2/c1-7-3-4-9(6-10(11)12)8(2)5-7/h5,8H,3-4,6H2,1-2H3,(H,11,12). The molecule has 1 N–H and O–H groups in total. The molecule has 0 spiro atoms. The monoisotopic (exact) mass is 167 g/mol. The summed E-state index contributed by atoms with van der Waals surface area (Å²) < 4.78 is 0. The topological polar surface area (TPSA) is 37.3 Å². The molecule has 0 bridgehead atoms. The van der Waals surface area contributed by atoms with Gasteiger partial charge in [0, 0.05) is 0 Å². The molecule has 2 nitrogen and oxygen atoms in total. The number of rotatable bonds is 2. The Labute approximate surface area is 73.3 Å². The SMILES string of the molecule is CC1=CC(C)[C](CC(=O)O)CC1. The highest BCUT2D eigenvalue weighted by Crippen LogP contribution is 2.32. The van der Waals surface area contributed by atoms with Crippen molar-refractivity contribution in [2.45, 2.75) is 33.1 Å². The molecule has 0 heterocycles. The normalized spacial score (nSPS) is 25.2. The van der Waals surface area contributed by atoms with Crippen molar-refractivity contribution in [1.29, 1.82) is 0 Å². The van der Waals surface area contributed by atoms with E-state index in [-0.39, 0.29) is 6.42 Å². The first-order valence-corrected chi connectivity index (χ1v) is 4.33. The van der Waals surface area contributed by atoms with Gasteiger partial charge in [0.25, 0.3) is 0 Å². The van der Waals surface area contributed by atoms with E-state index < -0.39 is 5.97 Å². The molecule has 0 saturated heterocycles. The summed E-state index contributed by atoms with van der Waals surface area (Å²) in [5.74, 6) is 0.813. The smallest absolute Gasteiger partial charge is 0.303 e. The van der Waals surface area contributed by atoms with Crippen molar-refractivity contribution >= 4 is 5.97 Å². The molecule has 1 atom stereocenters. The van der Waals surface area contributed by atoms with E-state index in [4.69, 9.17) is 5.11 Å². The zero-order chi connectivity index (χ0) is 9.14. The van der Waals surface area contributed by atoms with Crippen LogP contribution in [0.25, 0.3) is 0 Å². The van der Waals surface area contributed by atoms with Crippen molar-refractivity contribution in [3.8, 4) is 0 Å². The third-order valence-corrected chi connectivity index (χ3v) is 2.40. The number of aliphatic carboxylic acids is 1. The molecule has 0 amide bonds. The van der Waals surface area contributed by atoms with E-state index in [0.29, 0.717) is 5.92 Å². The number of hydrogen-bond acceptors (Lipinski definition) is 1. The Bertz CT molecular complexity index is 206. The van der Waals surface area contributed by atoms with E-state index in [1.165, 1.54) is 5.57 Å². The largest absolute Gasteiger partial charge is 0.481 e. The summed E-state index contributed by atoms with van der Waals surface area (Å²) in [5, 5.41) is 8.61. The lowest BCUT2D eigenvalue weighted by Crippen LogP contribution is -2.16. The van der Waals surface area contributed by atoms with Gasteiger partial charge in [0.2, 0.25) is 0 Å². The maximum Gasteiger partial charge on any atom is 0.303 e. The molecular weight excluding hydrogens is 152 g/mol. The molecule has 1 unspecified atom stereocenters. The number of carboxylic acid groups (broad SMARTS) is 1. The molecule has 0 aromatic heterocycles. The van der Waals surface area contributed by atoms with Crippen molar-refractivity contribution in [1.82, 2.24) is 0 Å². The molecular formula is C10H15O2. The molecule has 1 aliphatic carbocycles. The highest BCUT2D eigenvalue weighted by Gasteiger charge is 2.22. The Morgan fingerprint density at radius 1 is 1.67 bits per heavy atom. The predicted octanol–water partition coefficient (Wildman–Crippen LogP) is 2.41. The summed E-state index contributed by atoms with van der Waals surface area (Å²) in [6, 6.07) is 0. The highest BCUT2D eigenvalue weighted by molar-refractivity contribution is 5.69. The molecule has 67 valence electrons. The fraction of sp³-hybridized carbons (Fsp3) is 0.600. The number of carboxylic acids is 1. The van der Waals surface area contributed by atoms with Gasteiger partial charge in [0.05, 0.1) is 6.42 Å². The molecule has 0 aromatic rings. The van der Waals surface area contributed by atoms with Crippen LogP contribution in [0.5, 0.6) is 0 Å². The van der Waals surface area contributed by atoms with Crippen LogP contribution in [0.2, 0.25) is 0 Å². The average Bonchev–Trinajstić information content (AvgIpc) is 1.94. The van der Waals surface area contributed by atoms with Gasteiger partial charge in [-0.1, -0.05) is 18.6 Å². The first kappa shape index (κ1) is 9.30. The maximum atomic E-state index is 10.5. The minimum absolute atomic E-state index is 0.241. The van der Waals surface area contributed by atoms with Crippen LogP contribution in [0, 0.1) is 11.8 Å². The Kier molecular flexibility index (Phi) is 2.90. The molecule has 0 fully saturated rings. The van der Waals surface area contributed by atoms with Crippen LogP contribution in [-0.2, 0) is 4.79 Å². The van der Waals surface area contributed by atoms with Crippen molar-refractivity contribution in [2.24, 2.45) is 5.92 Å². The van der Waals surface area contributed by atoms with Crippen molar-refractivity contribution < 1.29 is 9.90 Å². The summed E-state index contributed by atoms with van der Waals surface area (Å²) in [5.41, 5.74) is 1.39. The lowest BCUT2D eigenvalue weighted by molar-refractivity contribution is -0.136. The van der Waals surface area contributed by atoms with E-state index >= 15 is 0 Å². The zero-order valence-corrected chi connectivity index (χ0v) is 7.63. The van der Waals surface area contributed by atoms with Gasteiger partial charge in [0.15, 0.2) is 0 Å². The van der Waals surface area contributed by atoms with E-state index in [2.05, 4.69) is 19.9 Å². The Morgan fingerprint density at radius 2 is 2.33 bits per heavy atom. The second-order valence-corrected chi connectivity index (χ2v) is 3.53. The van der Waals surface area contributed by atoms with Crippen LogP contribution in [0.3, 0.4) is 0 Å². The lowest BCUT2D eigenvalue weighted by Gasteiger charge is -2.24. The zero-order valence-electron chi connectivity index (χ0n) is 7.63. The van der Waals surface area contributed by atoms with Gasteiger partial charge < -0.3 is 5.11 Å². The second kappa shape index (κ2) is 3.74. The first-order chi connectivity index (χ1) is 5.59. The van der Waals surface area contributed by atoms with Crippen LogP contribution in [-0.4, -0.2) is 11.1 Å². The molecule has 0 saturated carbocycles. The third-order valence-electron chi connectivity index (χ3n) is 2.40. The van der Waals surface area contributed by atoms with E-state index in [1.807, 2.05) is 0 Å². The average molecular weight is 167 g/mol. The quantitative estimate of drug-likeness (QED) is 0.641. The Hall–Kier alpha value is -0.790. The minimum Gasteiger partial charge on any atom is -0.481 e. The molecule has 0 aliphatic heterocycles. The fourth-order valence-corrected chi connectivity index (χ4v) is 1.66. The molecule has 1 aliphatic rings. The van der Waals surface area contributed by atoms with Gasteiger partial charge in [-0.05, 0) is 31.6 Å². The number of allylic oxidation sites excluding steroid dienone is 2. The van der Waals surface area contributed by atoms with Gasteiger partial charge in [0.1, 0.15) is 0 Å². The molecule has 1 radical (unpaired) electrons. The van der Waals surface area contributed by atoms with E-state index in [0.717, 1.165) is 18.8 Å². The summed E-state index contributed by atoms with van der Waals surface area (Å²) in [4.78, 5) is 10.5. The lowest BCUT2D eigenvalue weighted by atomic mass is 9.80. The van der Waals surface area contributed by atoms with Crippen molar-refractivity contribution in [2.75, 3.05) is 0 Å². The second-order valence-electron chi connectivity index (χ2n) is 3.53. The molecule has 2 heteroatoms. The third kappa shape index (κ3) is 2.36. The predicted molar refractivity (Wildman–Crippen MR) is 47.7 cm³/mol. The molecule has 1 rings (SSSR count). The molecule has 12 heavy (non-hydrogen) atoms. The summed E-state index contributed by atoms with van der Waals surface area (Å²) in [6.07, 6.45) is 4.40. The first-order valence-electron chi connectivity index (χ1n) is 4.33. The van der Waals surface area contributed by atoms with Crippen LogP contribution in [0.4, 0.5) is 0 Å². The maximum absolute atomic E-state index is 10.5. The van der Waals surface area contributed by atoms with Gasteiger partial charge in [-0.25, -0.2) is 0 Å². The van der Waals surface area contributed by atoms with Gasteiger partial charge in [-0.15, -0.1) is 0 Å². The van der Waals surface area contributed by atoms with Crippen LogP contribution in [0.1, 0.15) is 33.1 Å². The van der Waals surface area contributed by atoms with Crippen LogP contribution >= 0.6 is 0 Å². The van der Waals surface area contributed by atoms with E-state index in [1.54, 1.807) is 0 Å². The molecule has 0 aromatic carbocycles. The summed E-state index contributed by atoms with van der Waals surface area (Å²) in [7, 11) is 0.